The molecule has 1 aliphatic rings. The van der Waals surface area contributed by atoms with Crippen LogP contribution in [0.1, 0.15) is 21.5 Å². The molecule has 0 spiro atoms. The maximum Gasteiger partial charge on any atom is 0.293 e. The molecule has 0 atom stereocenters. The van der Waals surface area contributed by atoms with E-state index in [1.54, 1.807) is 36.4 Å². The van der Waals surface area contributed by atoms with Crippen LogP contribution in [-0.4, -0.2) is 54.0 Å². The van der Waals surface area contributed by atoms with E-state index in [9.17, 15) is 18.8 Å². The Labute approximate surface area is 178 Å². The Morgan fingerprint density at radius 3 is 2.57 bits per heavy atom. The van der Waals surface area contributed by atoms with Crippen LogP contribution in [0.5, 0.6) is 0 Å². The number of rotatable bonds is 7. The normalized spacial score (nSPS) is 15.3. The zero-order valence-electron chi connectivity index (χ0n) is 16.7. The lowest BCUT2D eigenvalue weighted by Gasteiger charge is -2.12. The van der Waals surface area contributed by atoms with Gasteiger partial charge in [0.25, 0.3) is 17.1 Å². The van der Waals surface area contributed by atoms with Crippen molar-refractivity contribution in [2.45, 2.75) is 6.54 Å². The number of amides is 3. The van der Waals surface area contributed by atoms with Gasteiger partial charge in [-0.15, -0.1) is 0 Å². The van der Waals surface area contributed by atoms with Crippen molar-refractivity contribution in [2.75, 3.05) is 27.2 Å². The van der Waals surface area contributed by atoms with Gasteiger partial charge in [-0.25, -0.2) is 4.39 Å². The molecule has 1 heterocycles. The van der Waals surface area contributed by atoms with Crippen LogP contribution >= 0.6 is 11.8 Å². The van der Waals surface area contributed by atoms with Crippen LogP contribution in [0.4, 0.5) is 9.18 Å². The molecule has 3 rings (SSSR count). The van der Waals surface area contributed by atoms with Gasteiger partial charge < -0.3 is 10.2 Å². The van der Waals surface area contributed by atoms with E-state index in [4.69, 9.17) is 0 Å². The van der Waals surface area contributed by atoms with Gasteiger partial charge in [-0.2, -0.15) is 0 Å². The molecule has 156 valence electrons. The van der Waals surface area contributed by atoms with E-state index >= 15 is 0 Å². The molecule has 1 saturated heterocycles. The molecule has 2 aromatic carbocycles. The molecule has 0 aromatic heterocycles. The van der Waals surface area contributed by atoms with E-state index in [2.05, 4.69) is 5.32 Å². The summed E-state index contributed by atoms with van der Waals surface area (Å²) in [5.74, 6) is -1.00. The number of imide groups is 1. The zero-order valence-corrected chi connectivity index (χ0v) is 17.5. The van der Waals surface area contributed by atoms with Gasteiger partial charge in [0.15, 0.2) is 0 Å². The Bertz CT molecular complexity index is 989. The Hall–Kier alpha value is -2.97. The summed E-state index contributed by atoms with van der Waals surface area (Å²) >= 11 is 0.845. The summed E-state index contributed by atoms with van der Waals surface area (Å²) in [7, 11) is 3.86. The molecule has 1 aliphatic heterocycles. The highest BCUT2D eigenvalue weighted by Crippen LogP contribution is 2.33. The number of hydrogen-bond donors (Lipinski definition) is 1. The van der Waals surface area contributed by atoms with Crippen LogP contribution in [0.2, 0.25) is 0 Å². The number of likely N-dealkylation sites (N-methyl/N-ethyl adjacent to an activating group) is 1. The Kier molecular flexibility index (Phi) is 7.02. The molecule has 0 radical (unpaired) electrons. The largest absolute Gasteiger partial charge is 0.351 e. The fraction of sp³-hybridized carbons (Fsp3) is 0.227. The second kappa shape index (κ2) is 9.69. The molecule has 0 saturated carbocycles. The second-order valence-corrected chi connectivity index (χ2v) is 8.07. The molecule has 0 bridgehead atoms. The molecule has 2 aromatic rings. The highest BCUT2D eigenvalue weighted by molar-refractivity contribution is 8.18. The summed E-state index contributed by atoms with van der Waals surface area (Å²) < 4.78 is 13.4. The van der Waals surface area contributed by atoms with Crippen molar-refractivity contribution < 1.29 is 18.8 Å². The van der Waals surface area contributed by atoms with Crippen molar-refractivity contribution in [1.82, 2.24) is 15.1 Å². The smallest absolute Gasteiger partial charge is 0.293 e. The van der Waals surface area contributed by atoms with Crippen LogP contribution in [0.3, 0.4) is 0 Å². The summed E-state index contributed by atoms with van der Waals surface area (Å²) in [5, 5.41) is 2.44. The predicted molar refractivity (Wildman–Crippen MR) is 115 cm³/mol. The minimum atomic E-state index is -0.417. The third kappa shape index (κ3) is 5.55. The predicted octanol–water partition coefficient (Wildman–Crippen LogP) is 3.35. The lowest BCUT2D eigenvalue weighted by molar-refractivity contribution is -0.123. The van der Waals surface area contributed by atoms with Gasteiger partial charge >= 0.3 is 0 Å². The van der Waals surface area contributed by atoms with E-state index < -0.39 is 17.0 Å². The molecular weight excluding hydrogens is 405 g/mol. The van der Waals surface area contributed by atoms with Crippen molar-refractivity contribution in [1.29, 1.82) is 0 Å². The maximum absolute atomic E-state index is 13.4. The molecular formula is C22H22FN3O3S. The van der Waals surface area contributed by atoms with Crippen molar-refractivity contribution in [3.63, 3.8) is 0 Å². The zero-order chi connectivity index (χ0) is 21.7. The number of hydrogen-bond acceptors (Lipinski definition) is 5. The fourth-order valence-electron chi connectivity index (χ4n) is 2.83. The third-order valence-electron chi connectivity index (χ3n) is 4.42. The lowest BCUT2D eigenvalue weighted by atomic mass is 10.1. The van der Waals surface area contributed by atoms with E-state index in [-0.39, 0.29) is 12.5 Å². The maximum atomic E-state index is 13.4. The van der Waals surface area contributed by atoms with Crippen LogP contribution < -0.4 is 5.32 Å². The Balaban J connectivity index is 1.66. The number of thioether (sulfide) groups is 1. The highest BCUT2D eigenvalue weighted by atomic mass is 32.2. The van der Waals surface area contributed by atoms with Gasteiger partial charge in [0.2, 0.25) is 0 Å². The van der Waals surface area contributed by atoms with E-state index in [0.29, 0.717) is 28.1 Å². The molecule has 6 nitrogen and oxygen atoms in total. The summed E-state index contributed by atoms with van der Waals surface area (Å²) in [4.78, 5) is 40.4. The molecule has 1 N–H and O–H groups in total. The van der Waals surface area contributed by atoms with Crippen molar-refractivity contribution in [3.05, 3.63) is 75.9 Å². The summed E-state index contributed by atoms with van der Waals surface area (Å²) in [6, 6.07) is 12.6. The van der Waals surface area contributed by atoms with Crippen LogP contribution in [0.15, 0.2) is 53.4 Å². The lowest BCUT2D eigenvalue weighted by Crippen LogP contribution is -2.31. The monoisotopic (exact) mass is 427 g/mol. The quantitative estimate of drug-likeness (QED) is 0.687. The van der Waals surface area contributed by atoms with Crippen LogP contribution in [-0.2, 0) is 11.3 Å². The third-order valence-corrected chi connectivity index (χ3v) is 5.33. The molecule has 30 heavy (non-hydrogen) atoms. The second-order valence-electron chi connectivity index (χ2n) is 7.08. The first-order valence-corrected chi connectivity index (χ1v) is 10.2. The van der Waals surface area contributed by atoms with Crippen LogP contribution in [0, 0.1) is 5.82 Å². The Morgan fingerprint density at radius 2 is 1.90 bits per heavy atom. The number of carbonyl (C=O) groups excluding carboxylic acids is 3. The summed E-state index contributed by atoms with van der Waals surface area (Å²) in [6.07, 6.45) is 1.62. The van der Waals surface area contributed by atoms with Gasteiger partial charge in [0.05, 0.1) is 11.4 Å². The number of carbonyl (C=O) groups is 3. The van der Waals surface area contributed by atoms with E-state index in [1.165, 1.54) is 18.2 Å². The molecule has 0 aliphatic carbocycles. The van der Waals surface area contributed by atoms with Gasteiger partial charge in [0.1, 0.15) is 5.82 Å². The fourth-order valence-corrected chi connectivity index (χ4v) is 3.67. The van der Waals surface area contributed by atoms with E-state index in [1.807, 2.05) is 19.0 Å². The molecule has 3 amide bonds. The first-order chi connectivity index (χ1) is 14.3. The SMILES string of the molecule is CN(C)CCNC(=O)c1ccc(/C=C2\SC(=O)N(Cc3cccc(F)c3)C2=O)cc1. The topological polar surface area (TPSA) is 69.7 Å². The summed E-state index contributed by atoms with van der Waals surface area (Å²) in [6.45, 7) is 1.31. The number of nitrogens with zero attached hydrogens (tertiary/aromatic N) is 2. The average Bonchev–Trinajstić information content (AvgIpc) is 2.95. The minimum Gasteiger partial charge on any atom is -0.351 e. The van der Waals surface area contributed by atoms with Crippen molar-refractivity contribution in [2.24, 2.45) is 0 Å². The van der Waals surface area contributed by atoms with Crippen LogP contribution in [0.25, 0.3) is 6.08 Å². The molecule has 8 heteroatoms. The standard InChI is InChI=1S/C22H22FN3O3S/c1-25(2)11-10-24-20(27)17-8-6-15(7-9-17)13-19-21(28)26(22(29)30-19)14-16-4-3-5-18(23)12-16/h3-9,12-13H,10-11,14H2,1-2H3,(H,24,27)/b19-13-. The van der Waals surface area contributed by atoms with E-state index in [0.717, 1.165) is 23.2 Å². The first kappa shape index (κ1) is 21.7. The number of nitrogens with one attached hydrogen (secondary N) is 1. The minimum absolute atomic E-state index is 0.0197. The summed E-state index contributed by atoms with van der Waals surface area (Å²) in [5.41, 5.74) is 1.77. The first-order valence-electron chi connectivity index (χ1n) is 9.36. The number of halogens is 1. The van der Waals surface area contributed by atoms with Gasteiger partial charge in [-0.05, 0) is 67.3 Å². The van der Waals surface area contributed by atoms with Gasteiger partial charge in [-0.1, -0.05) is 24.3 Å². The van der Waals surface area contributed by atoms with Crippen molar-refractivity contribution in [3.8, 4) is 0 Å². The Morgan fingerprint density at radius 1 is 1.17 bits per heavy atom. The average molecular weight is 428 g/mol. The number of benzene rings is 2. The highest BCUT2D eigenvalue weighted by Gasteiger charge is 2.35. The molecule has 0 unspecified atom stereocenters. The van der Waals surface area contributed by atoms with Gasteiger partial charge in [0, 0.05) is 18.7 Å². The molecule has 1 fully saturated rings. The van der Waals surface area contributed by atoms with Crippen molar-refractivity contribution >= 4 is 34.9 Å². The van der Waals surface area contributed by atoms with Gasteiger partial charge in [-0.3, -0.25) is 19.3 Å².